The fourth-order valence-electron chi connectivity index (χ4n) is 1.40. The van der Waals surface area contributed by atoms with E-state index in [2.05, 4.69) is 0 Å². The average molecular weight is 144 g/mol. The van der Waals surface area contributed by atoms with Crippen molar-refractivity contribution in [2.75, 3.05) is 0 Å². The predicted molar refractivity (Wildman–Crippen MR) is 39.6 cm³/mol. The molecule has 1 aliphatic carbocycles. The predicted octanol–water partition coefficient (Wildman–Crippen LogP) is 0.918. The first-order valence-electron chi connectivity index (χ1n) is 3.88. The summed E-state index contributed by atoms with van der Waals surface area (Å²) in [6.45, 7) is 4.09. The van der Waals surface area contributed by atoms with Crippen LogP contribution in [0.5, 0.6) is 0 Å². The van der Waals surface area contributed by atoms with Gasteiger partial charge in [0.2, 0.25) is 0 Å². The molecule has 0 heterocycles. The van der Waals surface area contributed by atoms with E-state index >= 15 is 0 Å². The molecule has 0 aromatic carbocycles. The molecule has 1 rings (SSSR count). The molecule has 0 radical (unpaired) electrons. The molecule has 60 valence electrons. The van der Waals surface area contributed by atoms with Crippen LogP contribution in [0.1, 0.15) is 33.1 Å². The van der Waals surface area contributed by atoms with Crippen LogP contribution < -0.4 is 0 Å². The molecule has 1 aliphatic rings. The van der Waals surface area contributed by atoms with E-state index in [0.717, 1.165) is 12.8 Å². The van der Waals surface area contributed by atoms with Crippen LogP contribution in [-0.2, 0) is 0 Å². The standard InChI is InChI=1S/C8H16O2/c1-8(2)4-3-6(9)5-7(8)10/h6-7,9-10H,3-5H2,1-2H3. The first-order valence-corrected chi connectivity index (χ1v) is 3.88. The van der Waals surface area contributed by atoms with Gasteiger partial charge in [-0.1, -0.05) is 13.8 Å². The molecule has 2 heteroatoms. The molecule has 2 atom stereocenters. The van der Waals surface area contributed by atoms with Crippen molar-refractivity contribution in [3.8, 4) is 0 Å². The average Bonchev–Trinajstić information content (AvgIpc) is 1.81. The van der Waals surface area contributed by atoms with Crippen molar-refractivity contribution in [1.82, 2.24) is 0 Å². The van der Waals surface area contributed by atoms with Gasteiger partial charge in [-0.2, -0.15) is 0 Å². The van der Waals surface area contributed by atoms with Gasteiger partial charge in [0, 0.05) is 0 Å². The molecule has 0 amide bonds. The van der Waals surface area contributed by atoms with Crippen LogP contribution in [0.4, 0.5) is 0 Å². The van der Waals surface area contributed by atoms with Gasteiger partial charge in [-0.3, -0.25) is 0 Å². The highest BCUT2D eigenvalue weighted by Gasteiger charge is 2.34. The maximum atomic E-state index is 9.45. The van der Waals surface area contributed by atoms with Crippen molar-refractivity contribution >= 4 is 0 Å². The van der Waals surface area contributed by atoms with Crippen molar-refractivity contribution in [3.63, 3.8) is 0 Å². The van der Waals surface area contributed by atoms with Crippen molar-refractivity contribution < 1.29 is 10.2 Å². The minimum Gasteiger partial charge on any atom is -0.393 e. The third kappa shape index (κ3) is 1.50. The highest BCUT2D eigenvalue weighted by Crippen LogP contribution is 2.35. The van der Waals surface area contributed by atoms with Gasteiger partial charge in [0.15, 0.2) is 0 Å². The SMILES string of the molecule is CC1(C)CCC(O)CC1O. The quantitative estimate of drug-likeness (QED) is 0.530. The van der Waals surface area contributed by atoms with Gasteiger partial charge >= 0.3 is 0 Å². The molecular weight excluding hydrogens is 128 g/mol. The fraction of sp³-hybridized carbons (Fsp3) is 1.00. The normalized spacial score (nSPS) is 39.6. The maximum Gasteiger partial charge on any atom is 0.0615 e. The van der Waals surface area contributed by atoms with Gasteiger partial charge in [0.1, 0.15) is 0 Å². The Labute approximate surface area is 61.9 Å². The molecule has 0 saturated heterocycles. The summed E-state index contributed by atoms with van der Waals surface area (Å²) in [7, 11) is 0. The lowest BCUT2D eigenvalue weighted by Gasteiger charge is -2.37. The van der Waals surface area contributed by atoms with E-state index in [4.69, 9.17) is 5.11 Å². The van der Waals surface area contributed by atoms with E-state index in [-0.39, 0.29) is 17.6 Å². The van der Waals surface area contributed by atoms with Gasteiger partial charge in [-0.05, 0) is 24.7 Å². The Bertz CT molecular complexity index is 120. The number of hydrogen-bond acceptors (Lipinski definition) is 2. The Kier molecular flexibility index (Phi) is 2.02. The van der Waals surface area contributed by atoms with Crippen molar-refractivity contribution in [1.29, 1.82) is 0 Å². The summed E-state index contributed by atoms with van der Waals surface area (Å²) < 4.78 is 0. The van der Waals surface area contributed by atoms with Crippen LogP contribution in [0.2, 0.25) is 0 Å². The van der Waals surface area contributed by atoms with Crippen LogP contribution in [0.15, 0.2) is 0 Å². The van der Waals surface area contributed by atoms with Gasteiger partial charge in [-0.25, -0.2) is 0 Å². The fourth-order valence-corrected chi connectivity index (χ4v) is 1.40. The zero-order chi connectivity index (χ0) is 7.78. The molecule has 0 aliphatic heterocycles. The van der Waals surface area contributed by atoms with Crippen molar-refractivity contribution in [2.45, 2.75) is 45.3 Å². The molecule has 0 aromatic rings. The lowest BCUT2D eigenvalue weighted by Crippen LogP contribution is -2.38. The molecule has 0 spiro atoms. The number of aliphatic hydroxyl groups excluding tert-OH is 2. The van der Waals surface area contributed by atoms with Crippen LogP contribution in [0, 0.1) is 5.41 Å². The van der Waals surface area contributed by atoms with E-state index in [9.17, 15) is 5.11 Å². The Hall–Kier alpha value is -0.0800. The highest BCUT2D eigenvalue weighted by atomic mass is 16.3. The first kappa shape index (κ1) is 8.02. The van der Waals surface area contributed by atoms with Crippen LogP contribution >= 0.6 is 0 Å². The smallest absolute Gasteiger partial charge is 0.0615 e. The molecule has 1 fully saturated rings. The second kappa shape index (κ2) is 2.51. The summed E-state index contributed by atoms with van der Waals surface area (Å²) in [4.78, 5) is 0. The van der Waals surface area contributed by atoms with Gasteiger partial charge in [0.05, 0.1) is 12.2 Å². The molecule has 0 bridgehead atoms. The summed E-state index contributed by atoms with van der Waals surface area (Å²) in [6, 6.07) is 0. The number of rotatable bonds is 0. The number of aliphatic hydroxyl groups is 2. The van der Waals surface area contributed by atoms with E-state index < -0.39 is 0 Å². The summed E-state index contributed by atoms with van der Waals surface area (Å²) in [6.07, 6.45) is 1.71. The zero-order valence-electron chi connectivity index (χ0n) is 6.67. The van der Waals surface area contributed by atoms with Gasteiger partial charge < -0.3 is 10.2 Å². The van der Waals surface area contributed by atoms with E-state index in [1.807, 2.05) is 13.8 Å². The lowest BCUT2D eigenvalue weighted by molar-refractivity contribution is -0.0395. The summed E-state index contributed by atoms with van der Waals surface area (Å²) in [5, 5.41) is 18.6. The monoisotopic (exact) mass is 144 g/mol. The van der Waals surface area contributed by atoms with Crippen LogP contribution in [0.3, 0.4) is 0 Å². The highest BCUT2D eigenvalue weighted by molar-refractivity contribution is 4.85. The first-order chi connectivity index (χ1) is 4.52. The zero-order valence-corrected chi connectivity index (χ0v) is 6.67. The molecule has 2 nitrogen and oxygen atoms in total. The minimum atomic E-state index is -0.323. The largest absolute Gasteiger partial charge is 0.393 e. The summed E-state index contributed by atoms with van der Waals surface area (Å²) in [5.74, 6) is 0. The molecule has 1 saturated carbocycles. The third-order valence-corrected chi connectivity index (χ3v) is 2.52. The van der Waals surface area contributed by atoms with E-state index in [1.165, 1.54) is 0 Å². The van der Waals surface area contributed by atoms with E-state index in [0.29, 0.717) is 6.42 Å². The second-order valence-corrected chi connectivity index (χ2v) is 3.93. The van der Waals surface area contributed by atoms with Crippen molar-refractivity contribution in [2.24, 2.45) is 5.41 Å². The Balaban J connectivity index is 2.52. The molecule has 10 heavy (non-hydrogen) atoms. The molecule has 0 aromatic heterocycles. The second-order valence-electron chi connectivity index (χ2n) is 3.93. The van der Waals surface area contributed by atoms with Gasteiger partial charge in [0.25, 0.3) is 0 Å². The van der Waals surface area contributed by atoms with Crippen LogP contribution in [0.25, 0.3) is 0 Å². The van der Waals surface area contributed by atoms with Crippen molar-refractivity contribution in [3.05, 3.63) is 0 Å². The van der Waals surface area contributed by atoms with E-state index in [1.54, 1.807) is 0 Å². The Morgan fingerprint density at radius 2 is 1.90 bits per heavy atom. The summed E-state index contributed by atoms with van der Waals surface area (Å²) >= 11 is 0. The molecule has 2 N–H and O–H groups in total. The Morgan fingerprint density at radius 1 is 1.30 bits per heavy atom. The minimum absolute atomic E-state index is 0.0131. The molecular formula is C8H16O2. The van der Waals surface area contributed by atoms with Crippen LogP contribution in [-0.4, -0.2) is 22.4 Å². The molecule has 2 unspecified atom stereocenters. The third-order valence-electron chi connectivity index (χ3n) is 2.52. The topological polar surface area (TPSA) is 40.5 Å². The number of hydrogen-bond donors (Lipinski definition) is 2. The Morgan fingerprint density at radius 3 is 2.30 bits per heavy atom. The van der Waals surface area contributed by atoms with Gasteiger partial charge in [-0.15, -0.1) is 0 Å². The maximum absolute atomic E-state index is 9.45. The lowest BCUT2D eigenvalue weighted by atomic mass is 9.74. The summed E-state index contributed by atoms with van der Waals surface area (Å²) in [5.41, 5.74) is 0.0131.